The Balaban J connectivity index is 1.55. The molecule has 3 aromatic carbocycles. The van der Waals surface area contributed by atoms with Crippen molar-refractivity contribution < 1.29 is 14.4 Å². The summed E-state index contributed by atoms with van der Waals surface area (Å²) in [5.41, 5.74) is 1.48. The highest BCUT2D eigenvalue weighted by molar-refractivity contribution is 9.10. The monoisotopic (exact) mass is 585 g/mol. The number of ether oxygens (including phenoxy) is 2. The molecule has 0 aliphatic rings. The number of fused-ring (bicyclic) bond motifs is 1. The fraction of sp³-hybridized carbons (Fsp3) is 0.0714. The van der Waals surface area contributed by atoms with Crippen LogP contribution in [0.15, 0.2) is 99.4 Å². The molecule has 0 saturated heterocycles. The number of rotatable bonds is 8. The van der Waals surface area contributed by atoms with Crippen molar-refractivity contribution in [3.63, 3.8) is 0 Å². The van der Waals surface area contributed by atoms with Gasteiger partial charge in [-0.15, -0.1) is 0 Å². The maximum atomic E-state index is 13.4. The first-order chi connectivity index (χ1) is 18.9. The molecule has 0 spiro atoms. The smallest absolute Gasteiger partial charge is 0.287 e. The normalized spacial score (nSPS) is 11.1. The van der Waals surface area contributed by atoms with Crippen molar-refractivity contribution in [1.29, 1.82) is 0 Å². The van der Waals surface area contributed by atoms with Gasteiger partial charge in [0.2, 0.25) is 5.88 Å². The summed E-state index contributed by atoms with van der Waals surface area (Å²) in [6.07, 6.45) is 2.65. The highest BCUT2D eigenvalue weighted by Crippen LogP contribution is 2.36. The van der Waals surface area contributed by atoms with Crippen molar-refractivity contribution in [2.24, 2.45) is 5.10 Å². The Bertz CT molecular complexity index is 1760. The number of hydrogen-bond acceptors (Lipinski definition) is 8. The molecule has 10 nitrogen and oxygen atoms in total. The molecule has 0 unspecified atom stereocenters. The van der Waals surface area contributed by atoms with Crippen molar-refractivity contribution in [3.05, 3.63) is 116 Å². The summed E-state index contributed by atoms with van der Waals surface area (Å²) in [6, 6.07) is 22.6. The molecule has 0 aliphatic carbocycles. The fourth-order valence-electron chi connectivity index (χ4n) is 3.78. The van der Waals surface area contributed by atoms with Crippen LogP contribution in [0.1, 0.15) is 12.5 Å². The average Bonchev–Trinajstić information content (AvgIpc) is 2.95. The molecule has 0 N–H and O–H groups in total. The quantitative estimate of drug-likeness (QED) is 0.121. The van der Waals surface area contributed by atoms with E-state index >= 15 is 0 Å². The molecule has 0 aliphatic heterocycles. The summed E-state index contributed by atoms with van der Waals surface area (Å²) in [5.74, 6) is 1.31. The van der Waals surface area contributed by atoms with Crippen LogP contribution in [-0.4, -0.2) is 32.4 Å². The van der Waals surface area contributed by atoms with Crippen molar-refractivity contribution in [2.45, 2.75) is 6.92 Å². The molecular formula is C28H20BrN5O5. The first-order valence-corrected chi connectivity index (χ1v) is 12.6. The Labute approximate surface area is 230 Å². The van der Waals surface area contributed by atoms with E-state index in [9.17, 15) is 14.9 Å². The van der Waals surface area contributed by atoms with Crippen LogP contribution in [0.4, 0.5) is 5.69 Å². The molecule has 0 atom stereocenters. The van der Waals surface area contributed by atoms with Gasteiger partial charge in [-0.2, -0.15) is 9.78 Å². The minimum Gasteiger partial charge on any atom is -0.490 e. The maximum Gasteiger partial charge on any atom is 0.287 e. The van der Waals surface area contributed by atoms with E-state index < -0.39 is 4.92 Å². The highest BCUT2D eigenvalue weighted by Gasteiger charge is 2.15. The van der Waals surface area contributed by atoms with Crippen LogP contribution in [0.25, 0.3) is 22.3 Å². The lowest BCUT2D eigenvalue weighted by atomic mass is 10.2. The van der Waals surface area contributed by atoms with E-state index in [2.05, 4.69) is 26.0 Å². The molecule has 5 rings (SSSR count). The zero-order chi connectivity index (χ0) is 27.4. The number of nitrogens with zero attached hydrogens (tertiary/aromatic N) is 5. The lowest BCUT2D eigenvalue weighted by Gasteiger charge is -2.13. The van der Waals surface area contributed by atoms with Crippen molar-refractivity contribution in [1.82, 2.24) is 14.6 Å². The van der Waals surface area contributed by atoms with Crippen LogP contribution < -0.4 is 15.0 Å². The standard InChI is InChI=1S/C28H20BrN5O5/c1-2-38-24-14-19(22(29)15-25(24)39-26-13-12-20(17-30-26)34(36)37)16-31-33-27(18-8-4-3-5-9-18)32-23-11-7-6-10-21(23)28(33)35/h3-17H,2H2,1H3. The van der Waals surface area contributed by atoms with Gasteiger partial charge in [0, 0.05) is 27.7 Å². The van der Waals surface area contributed by atoms with E-state index in [1.807, 2.05) is 43.3 Å². The van der Waals surface area contributed by atoms with Crippen LogP contribution in [0.2, 0.25) is 0 Å². The molecule has 5 aromatic rings. The van der Waals surface area contributed by atoms with Gasteiger partial charge in [-0.1, -0.05) is 42.5 Å². The molecule has 0 radical (unpaired) electrons. The van der Waals surface area contributed by atoms with Crippen molar-refractivity contribution in [2.75, 3.05) is 6.61 Å². The van der Waals surface area contributed by atoms with E-state index in [0.717, 1.165) is 11.8 Å². The Morgan fingerprint density at radius 1 is 1.05 bits per heavy atom. The third-order valence-electron chi connectivity index (χ3n) is 5.61. The summed E-state index contributed by atoms with van der Waals surface area (Å²) >= 11 is 3.53. The summed E-state index contributed by atoms with van der Waals surface area (Å²) in [7, 11) is 0. The van der Waals surface area contributed by atoms with Crippen LogP contribution in [0, 0.1) is 10.1 Å². The lowest BCUT2D eigenvalue weighted by Crippen LogP contribution is -2.20. The third kappa shape index (κ3) is 5.53. The highest BCUT2D eigenvalue weighted by atomic mass is 79.9. The van der Waals surface area contributed by atoms with Crippen LogP contribution in [0.5, 0.6) is 17.4 Å². The first-order valence-electron chi connectivity index (χ1n) is 11.8. The summed E-state index contributed by atoms with van der Waals surface area (Å²) in [6.45, 7) is 2.19. The van der Waals surface area contributed by atoms with Gasteiger partial charge < -0.3 is 9.47 Å². The van der Waals surface area contributed by atoms with Crippen molar-refractivity contribution >= 4 is 38.7 Å². The Kier molecular flexibility index (Phi) is 7.41. The van der Waals surface area contributed by atoms with Gasteiger partial charge in [-0.3, -0.25) is 14.9 Å². The molecule has 0 fully saturated rings. The van der Waals surface area contributed by atoms with E-state index in [0.29, 0.717) is 44.9 Å². The van der Waals surface area contributed by atoms with E-state index in [4.69, 9.17) is 14.5 Å². The number of halogens is 1. The third-order valence-corrected chi connectivity index (χ3v) is 6.29. The van der Waals surface area contributed by atoms with Gasteiger partial charge in [-0.25, -0.2) is 9.97 Å². The number of para-hydroxylation sites is 1. The molecule has 0 saturated carbocycles. The van der Waals surface area contributed by atoms with Crippen molar-refractivity contribution in [3.8, 4) is 28.8 Å². The Hall–Kier alpha value is -4.90. The summed E-state index contributed by atoms with van der Waals surface area (Å²) in [5, 5.41) is 15.9. The van der Waals surface area contributed by atoms with Gasteiger partial charge in [0.15, 0.2) is 17.3 Å². The summed E-state index contributed by atoms with van der Waals surface area (Å²) in [4.78, 5) is 32.5. The average molecular weight is 586 g/mol. The lowest BCUT2D eigenvalue weighted by molar-refractivity contribution is -0.385. The van der Waals surface area contributed by atoms with E-state index in [1.165, 1.54) is 23.0 Å². The zero-order valence-corrected chi connectivity index (χ0v) is 22.1. The molecule has 194 valence electrons. The zero-order valence-electron chi connectivity index (χ0n) is 20.5. The molecule has 2 heterocycles. The second-order valence-electron chi connectivity index (χ2n) is 8.15. The fourth-order valence-corrected chi connectivity index (χ4v) is 4.20. The Morgan fingerprint density at radius 2 is 1.82 bits per heavy atom. The van der Waals surface area contributed by atoms with Gasteiger partial charge in [0.1, 0.15) is 6.20 Å². The molecular weight excluding hydrogens is 566 g/mol. The molecule has 0 amide bonds. The minimum atomic E-state index is -0.535. The van der Waals surface area contributed by atoms with Gasteiger partial charge >= 0.3 is 0 Å². The SMILES string of the molecule is CCOc1cc(C=Nn2c(-c3ccccc3)nc3ccccc3c2=O)c(Br)cc1Oc1ccc([N+](=O)[O-])cn1. The van der Waals surface area contributed by atoms with Crippen LogP contribution in [-0.2, 0) is 0 Å². The van der Waals surface area contributed by atoms with E-state index in [-0.39, 0.29) is 17.1 Å². The van der Waals surface area contributed by atoms with Crippen LogP contribution >= 0.6 is 15.9 Å². The first kappa shape index (κ1) is 25.7. The number of nitro groups is 1. The maximum absolute atomic E-state index is 13.4. The van der Waals surface area contributed by atoms with Crippen LogP contribution in [0.3, 0.4) is 0 Å². The number of pyridine rings is 1. The minimum absolute atomic E-state index is 0.145. The molecule has 11 heteroatoms. The second kappa shape index (κ2) is 11.2. The predicted octanol–water partition coefficient (Wildman–Crippen LogP) is 6.20. The van der Waals surface area contributed by atoms with Gasteiger partial charge in [0.25, 0.3) is 11.2 Å². The summed E-state index contributed by atoms with van der Waals surface area (Å²) < 4.78 is 13.5. The predicted molar refractivity (Wildman–Crippen MR) is 151 cm³/mol. The number of hydrogen-bond donors (Lipinski definition) is 0. The number of benzene rings is 3. The second-order valence-corrected chi connectivity index (χ2v) is 9.00. The van der Waals surface area contributed by atoms with Gasteiger partial charge in [0.05, 0.1) is 28.6 Å². The topological polar surface area (TPSA) is 122 Å². The number of aromatic nitrogens is 3. The van der Waals surface area contributed by atoms with E-state index in [1.54, 1.807) is 30.3 Å². The van der Waals surface area contributed by atoms with Gasteiger partial charge in [-0.05, 0) is 47.1 Å². The molecule has 39 heavy (non-hydrogen) atoms. The largest absolute Gasteiger partial charge is 0.490 e. The molecule has 0 bridgehead atoms. The molecule has 2 aromatic heterocycles. The Morgan fingerprint density at radius 3 is 2.54 bits per heavy atom.